The topological polar surface area (TPSA) is 122 Å². The number of benzene rings is 2. The molecule has 2 amide bonds. The van der Waals surface area contributed by atoms with Crippen LogP contribution in [0, 0.1) is 0 Å². The van der Waals surface area contributed by atoms with Crippen molar-refractivity contribution in [3.05, 3.63) is 35.4 Å². The minimum absolute atomic E-state index is 0.0183. The summed E-state index contributed by atoms with van der Waals surface area (Å²) in [7, 11) is 2.81. The van der Waals surface area contributed by atoms with Crippen molar-refractivity contribution < 1.29 is 41.6 Å². The lowest BCUT2D eigenvalue weighted by atomic mass is 10.0. The summed E-state index contributed by atoms with van der Waals surface area (Å²) >= 11 is 0. The maximum atomic E-state index is 13.5. The minimum atomic E-state index is -3.67. The Balaban J connectivity index is 1.88. The number of sulfone groups is 1. The summed E-state index contributed by atoms with van der Waals surface area (Å²) in [6.07, 6.45) is 4.39. The van der Waals surface area contributed by atoms with Gasteiger partial charge in [-0.05, 0) is 73.9 Å². The van der Waals surface area contributed by atoms with Gasteiger partial charge < -0.3 is 38.6 Å². The van der Waals surface area contributed by atoms with Crippen LogP contribution in [0.15, 0.2) is 29.2 Å². The summed E-state index contributed by atoms with van der Waals surface area (Å²) in [5.41, 5.74) is 1.58. The molecule has 3 rings (SSSR count). The molecule has 0 aromatic heterocycles. The molecule has 11 nitrogen and oxygen atoms in total. The third-order valence-corrected chi connectivity index (χ3v) is 9.72. The second kappa shape index (κ2) is 18.1. The zero-order valence-electron chi connectivity index (χ0n) is 28.5. The number of amides is 2. The van der Waals surface area contributed by atoms with Gasteiger partial charge in [-0.3, -0.25) is 0 Å². The molecule has 0 aliphatic carbocycles. The van der Waals surface area contributed by atoms with Crippen molar-refractivity contribution in [1.29, 1.82) is 0 Å². The van der Waals surface area contributed by atoms with Crippen LogP contribution in [0.25, 0.3) is 0 Å². The number of carbonyl (C=O) groups is 1. The molecule has 0 spiro atoms. The zero-order valence-corrected chi connectivity index (χ0v) is 29.3. The van der Waals surface area contributed by atoms with Gasteiger partial charge in [-0.25, -0.2) is 13.2 Å². The molecule has 46 heavy (non-hydrogen) atoms. The fourth-order valence-electron chi connectivity index (χ4n) is 5.34. The van der Waals surface area contributed by atoms with E-state index >= 15 is 0 Å². The summed E-state index contributed by atoms with van der Waals surface area (Å²) in [6.45, 7) is 7.60. The van der Waals surface area contributed by atoms with E-state index < -0.39 is 9.84 Å². The van der Waals surface area contributed by atoms with Crippen molar-refractivity contribution in [3.8, 4) is 28.7 Å². The van der Waals surface area contributed by atoms with Crippen molar-refractivity contribution >= 4 is 15.9 Å². The van der Waals surface area contributed by atoms with Crippen LogP contribution in [0.4, 0.5) is 4.79 Å². The van der Waals surface area contributed by atoms with Crippen LogP contribution < -0.4 is 29.0 Å². The molecule has 1 N–H and O–H groups in total. The second-order valence-corrected chi connectivity index (χ2v) is 13.4. The Morgan fingerprint density at radius 1 is 0.826 bits per heavy atom. The Hall–Kier alpha value is -3.38. The molecule has 1 fully saturated rings. The van der Waals surface area contributed by atoms with E-state index in [0.717, 1.165) is 18.4 Å². The predicted molar refractivity (Wildman–Crippen MR) is 178 cm³/mol. The monoisotopic (exact) mass is 664 g/mol. The summed E-state index contributed by atoms with van der Waals surface area (Å²) < 4.78 is 62.4. The summed E-state index contributed by atoms with van der Waals surface area (Å²) in [6, 6.07) is 7.13. The Bertz CT molecular complexity index is 1360. The van der Waals surface area contributed by atoms with Gasteiger partial charge in [-0.2, -0.15) is 0 Å². The van der Waals surface area contributed by atoms with Crippen LogP contribution in [0.2, 0.25) is 0 Å². The largest absolute Gasteiger partial charge is 0.493 e. The van der Waals surface area contributed by atoms with E-state index in [1.807, 2.05) is 32.0 Å². The molecule has 0 unspecified atom stereocenters. The zero-order chi connectivity index (χ0) is 33.7. The van der Waals surface area contributed by atoms with Crippen LogP contribution in [0.1, 0.15) is 89.1 Å². The van der Waals surface area contributed by atoms with Crippen LogP contribution in [-0.2, 0) is 14.6 Å². The third-order valence-electron chi connectivity index (χ3n) is 7.80. The number of urea groups is 1. The Kier molecular flexibility index (Phi) is 14.6. The lowest BCUT2D eigenvalue weighted by Crippen LogP contribution is -2.38. The van der Waals surface area contributed by atoms with Crippen LogP contribution in [0.3, 0.4) is 0 Å². The predicted octanol–water partition coefficient (Wildman–Crippen LogP) is 6.49. The van der Waals surface area contributed by atoms with Gasteiger partial charge in [-0.1, -0.05) is 27.2 Å². The van der Waals surface area contributed by atoms with Crippen LogP contribution in [0.5, 0.6) is 28.7 Å². The molecular formula is C34H52N2O9S. The maximum absolute atomic E-state index is 13.5. The molecule has 0 bridgehead atoms. The quantitative estimate of drug-likeness (QED) is 0.168. The van der Waals surface area contributed by atoms with Gasteiger partial charge in [0, 0.05) is 20.1 Å². The number of nitrogens with zero attached hydrogens (tertiary/aromatic N) is 1. The fourth-order valence-corrected chi connectivity index (χ4v) is 6.86. The molecule has 2 atom stereocenters. The van der Waals surface area contributed by atoms with E-state index in [1.54, 1.807) is 39.3 Å². The standard InChI is InChI=1S/C34H52N2O9S/c1-8-11-16-36(4)34(37)35-15-12-18-43-30-22-25(23-31(33(30)44-17-9-2)46(38,39)19-10-3)27-14-13-26(45-27)24-20-28(40-5)32(42-7)29(21-24)41-6/h20-23,26-27H,8-19H2,1-7H3,(H,35,37)/t26-,27-/m0/s1. The molecule has 0 radical (unpaired) electrons. The Morgan fingerprint density at radius 3 is 2.02 bits per heavy atom. The van der Waals surface area contributed by atoms with Crippen LogP contribution >= 0.6 is 0 Å². The SMILES string of the molecule is CCCCN(C)C(=O)NCCCOc1cc([C@@H]2CC[C@@H](c3cc(OC)c(OC)c(OC)c3)O2)cc(S(=O)(=O)CCC)c1OCCC. The Morgan fingerprint density at radius 2 is 1.46 bits per heavy atom. The number of methoxy groups -OCH3 is 3. The van der Waals surface area contributed by atoms with Crippen molar-refractivity contribution in [2.45, 2.75) is 82.8 Å². The first kappa shape index (κ1) is 37.1. The van der Waals surface area contributed by atoms with E-state index in [4.69, 9.17) is 28.4 Å². The number of unbranched alkanes of at least 4 members (excludes halogenated alkanes) is 1. The van der Waals surface area contributed by atoms with Gasteiger partial charge in [0.25, 0.3) is 0 Å². The number of rotatable bonds is 19. The van der Waals surface area contributed by atoms with E-state index in [-0.39, 0.29) is 41.2 Å². The van der Waals surface area contributed by atoms with E-state index in [2.05, 4.69) is 12.2 Å². The number of ether oxygens (including phenoxy) is 6. The van der Waals surface area contributed by atoms with Gasteiger partial charge in [0.1, 0.15) is 4.90 Å². The Labute approximate surface area is 274 Å². The molecule has 2 aromatic carbocycles. The minimum Gasteiger partial charge on any atom is -0.493 e. The molecule has 1 heterocycles. The molecule has 1 aliphatic heterocycles. The number of nitrogens with one attached hydrogen (secondary N) is 1. The molecule has 12 heteroatoms. The molecule has 1 saturated heterocycles. The molecular weight excluding hydrogens is 612 g/mol. The highest BCUT2D eigenvalue weighted by Gasteiger charge is 2.33. The van der Waals surface area contributed by atoms with Crippen molar-refractivity contribution in [2.75, 3.05) is 60.4 Å². The normalized spacial score (nSPS) is 16.2. The molecule has 0 saturated carbocycles. The molecule has 258 valence electrons. The maximum Gasteiger partial charge on any atom is 0.317 e. The van der Waals surface area contributed by atoms with Gasteiger partial charge in [0.2, 0.25) is 5.75 Å². The smallest absolute Gasteiger partial charge is 0.317 e. The highest BCUT2D eigenvalue weighted by molar-refractivity contribution is 7.91. The second-order valence-electron chi connectivity index (χ2n) is 11.4. The first-order valence-corrected chi connectivity index (χ1v) is 17.9. The van der Waals surface area contributed by atoms with E-state index in [9.17, 15) is 13.2 Å². The van der Waals surface area contributed by atoms with Crippen molar-refractivity contribution in [1.82, 2.24) is 10.2 Å². The molecule has 2 aromatic rings. The van der Waals surface area contributed by atoms with Crippen molar-refractivity contribution in [2.24, 2.45) is 0 Å². The van der Waals surface area contributed by atoms with Gasteiger partial charge in [-0.15, -0.1) is 0 Å². The molecule has 1 aliphatic rings. The lowest BCUT2D eigenvalue weighted by Gasteiger charge is -2.21. The van der Waals surface area contributed by atoms with Gasteiger partial charge >= 0.3 is 6.03 Å². The highest BCUT2D eigenvalue weighted by atomic mass is 32.2. The highest BCUT2D eigenvalue weighted by Crippen LogP contribution is 2.48. The first-order chi connectivity index (χ1) is 22.1. The van der Waals surface area contributed by atoms with Gasteiger partial charge in [0.05, 0.1) is 52.5 Å². The van der Waals surface area contributed by atoms with E-state index in [1.165, 1.54) is 0 Å². The fraction of sp³-hybridized carbons (Fsp3) is 0.618. The third kappa shape index (κ3) is 9.57. The lowest BCUT2D eigenvalue weighted by molar-refractivity contribution is 0.0434. The van der Waals surface area contributed by atoms with E-state index in [0.29, 0.717) is 80.4 Å². The summed E-state index contributed by atoms with van der Waals surface area (Å²) in [5, 5.41) is 2.91. The number of hydrogen-bond donors (Lipinski definition) is 1. The summed E-state index contributed by atoms with van der Waals surface area (Å²) in [4.78, 5) is 14.1. The number of carbonyl (C=O) groups excluding carboxylic acids is 1. The number of hydrogen-bond acceptors (Lipinski definition) is 9. The summed E-state index contributed by atoms with van der Waals surface area (Å²) in [5.74, 6) is 2.13. The van der Waals surface area contributed by atoms with Gasteiger partial charge in [0.15, 0.2) is 32.8 Å². The average Bonchev–Trinajstić information content (AvgIpc) is 3.55. The van der Waals surface area contributed by atoms with Crippen LogP contribution in [-0.4, -0.2) is 79.8 Å². The average molecular weight is 665 g/mol. The van der Waals surface area contributed by atoms with Crippen molar-refractivity contribution in [3.63, 3.8) is 0 Å². The first-order valence-electron chi connectivity index (χ1n) is 16.2.